The molecule has 0 aliphatic heterocycles. The van der Waals surface area contributed by atoms with Crippen molar-refractivity contribution in [3.8, 4) is 0 Å². The molecule has 108 valence electrons. The van der Waals surface area contributed by atoms with Crippen molar-refractivity contribution in [2.75, 3.05) is 5.32 Å². The normalized spacial score (nSPS) is 11.3. The molecule has 0 bridgehead atoms. The molecule has 5 nitrogen and oxygen atoms in total. The van der Waals surface area contributed by atoms with Crippen molar-refractivity contribution in [1.82, 2.24) is 10.9 Å². The maximum absolute atomic E-state index is 11.8. The van der Waals surface area contributed by atoms with Crippen LogP contribution in [0.2, 0.25) is 0 Å². The Morgan fingerprint density at radius 1 is 0.952 bits per heavy atom. The van der Waals surface area contributed by atoms with Crippen LogP contribution in [0.25, 0.3) is 0 Å². The van der Waals surface area contributed by atoms with E-state index in [-0.39, 0.29) is 5.11 Å². The number of amides is 1. The highest BCUT2D eigenvalue weighted by Crippen LogP contribution is 2.11. The fourth-order valence-electron chi connectivity index (χ4n) is 1.66. The number of carbonyl (C=O) groups is 1. The van der Waals surface area contributed by atoms with Crippen LogP contribution in [0.5, 0.6) is 0 Å². The topological polar surface area (TPSA) is 73.4 Å². The molecule has 21 heavy (non-hydrogen) atoms. The second-order valence-corrected chi connectivity index (χ2v) is 4.66. The lowest BCUT2D eigenvalue weighted by Gasteiger charge is -2.14. The van der Waals surface area contributed by atoms with Crippen LogP contribution in [-0.2, 0) is 4.79 Å². The van der Waals surface area contributed by atoms with Gasteiger partial charge in [-0.1, -0.05) is 48.5 Å². The molecule has 0 saturated carbocycles. The lowest BCUT2D eigenvalue weighted by atomic mass is 10.1. The lowest BCUT2D eigenvalue weighted by molar-refractivity contribution is -0.130. The third-order valence-corrected chi connectivity index (χ3v) is 2.90. The number of benzene rings is 2. The monoisotopic (exact) mass is 301 g/mol. The fraction of sp³-hybridized carbons (Fsp3) is 0.0667. The molecule has 1 amide bonds. The van der Waals surface area contributed by atoms with Crippen molar-refractivity contribution in [3.63, 3.8) is 0 Å². The first-order chi connectivity index (χ1) is 10.2. The van der Waals surface area contributed by atoms with Crippen LogP contribution in [0, 0.1) is 0 Å². The number of aliphatic hydroxyl groups is 1. The number of rotatable bonds is 3. The Morgan fingerprint density at radius 3 is 2.14 bits per heavy atom. The Labute approximate surface area is 128 Å². The summed E-state index contributed by atoms with van der Waals surface area (Å²) in [7, 11) is 0. The second kappa shape index (κ2) is 7.37. The van der Waals surface area contributed by atoms with Crippen molar-refractivity contribution in [2.45, 2.75) is 6.10 Å². The molecule has 2 aromatic rings. The highest BCUT2D eigenvalue weighted by atomic mass is 32.1. The first kappa shape index (κ1) is 15.0. The van der Waals surface area contributed by atoms with E-state index < -0.39 is 12.0 Å². The van der Waals surface area contributed by atoms with Gasteiger partial charge in [0.25, 0.3) is 5.91 Å². The van der Waals surface area contributed by atoms with Crippen molar-refractivity contribution < 1.29 is 9.90 Å². The smallest absolute Gasteiger partial charge is 0.271 e. The van der Waals surface area contributed by atoms with Crippen molar-refractivity contribution >= 4 is 28.9 Å². The molecular formula is C15H15N3O2S. The number of para-hydroxylation sites is 1. The Hall–Kier alpha value is -2.44. The minimum atomic E-state index is -1.25. The van der Waals surface area contributed by atoms with Gasteiger partial charge in [0.1, 0.15) is 0 Å². The number of anilines is 1. The quantitative estimate of drug-likeness (QED) is 0.513. The minimum Gasteiger partial charge on any atom is -0.378 e. The second-order valence-electron chi connectivity index (χ2n) is 4.25. The molecule has 0 radical (unpaired) electrons. The molecule has 0 saturated heterocycles. The highest BCUT2D eigenvalue weighted by molar-refractivity contribution is 7.80. The molecule has 4 N–H and O–H groups in total. The average molecular weight is 301 g/mol. The molecule has 0 heterocycles. The van der Waals surface area contributed by atoms with Gasteiger partial charge in [-0.25, -0.2) is 0 Å². The zero-order valence-electron chi connectivity index (χ0n) is 11.1. The molecule has 0 spiro atoms. The summed E-state index contributed by atoms with van der Waals surface area (Å²) < 4.78 is 0. The van der Waals surface area contributed by atoms with Gasteiger partial charge in [0.2, 0.25) is 0 Å². The summed E-state index contributed by atoms with van der Waals surface area (Å²) in [5.74, 6) is -0.585. The summed E-state index contributed by atoms with van der Waals surface area (Å²) in [5.41, 5.74) is 6.21. The van der Waals surface area contributed by atoms with Gasteiger partial charge in [0.15, 0.2) is 11.2 Å². The predicted octanol–water partition coefficient (Wildman–Crippen LogP) is 1.74. The van der Waals surface area contributed by atoms with Crippen LogP contribution < -0.4 is 16.2 Å². The number of thiocarbonyl (C=S) groups is 1. The molecule has 0 aliphatic rings. The van der Waals surface area contributed by atoms with Gasteiger partial charge in [0, 0.05) is 5.69 Å². The van der Waals surface area contributed by atoms with Gasteiger partial charge < -0.3 is 10.4 Å². The number of carbonyl (C=O) groups excluding carboxylic acids is 1. The first-order valence-corrected chi connectivity index (χ1v) is 6.72. The Bertz CT molecular complexity index is 605. The number of hydrogen-bond donors (Lipinski definition) is 4. The van der Waals surface area contributed by atoms with E-state index in [2.05, 4.69) is 16.2 Å². The molecule has 0 aliphatic carbocycles. The zero-order chi connectivity index (χ0) is 15.1. The van der Waals surface area contributed by atoms with E-state index in [1.807, 2.05) is 36.4 Å². The van der Waals surface area contributed by atoms with Crippen molar-refractivity contribution in [3.05, 3.63) is 66.2 Å². The van der Waals surface area contributed by atoms with E-state index in [0.29, 0.717) is 5.56 Å². The van der Waals surface area contributed by atoms with Gasteiger partial charge in [0.05, 0.1) is 0 Å². The van der Waals surface area contributed by atoms with Crippen LogP contribution >= 0.6 is 12.2 Å². The van der Waals surface area contributed by atoms with Gasteiger partial charge in [-0.15, -0.1) is 0 Å². The summed E-state index contributed by atoms with van der Waals surface area (Å²) in [6.07, 6.45) is -1.25. The summed E-state index contributed by atoms with van der Waals surface area (Å²) >= 11 is 5.04. The van der Waals surface area contributed by atoms with Crippen LogP contribution in [0.15, 0.2) is 60.7 Å². The number of hydrogen-bond acceptors (Lipinski definition) is 3. The molecule has 2 rings (SSSR count). The van der Waals surface area contributed by atoms with E-state index in [1.165, 1.54) is 0 Å². The molecule has 1 atom stereocenters. The molecular weight excluding hydrogens is 286 g/mol. The predicted molar refractivity (Wildman–Crippen MR) is 85.3 cm³/mol. The van der Waals surface area contributed by atoms with E-state index in [4.69, 9.17) is 12.2 Å². The fourth-order valence-corrected chi connectivity index (χ4v) is 1.83. The van der Waals surface area contributed by atoms with Gasteiger partial charge >= 0.3 is 0 Å². The average Bonchev–Trinajstić information content (AvgIpc) is 2.53. The standard InChI is InChI=1S/C15H15N3O2S/c19-13(11-7-3-1-4-8-11)14(20)17-18-15(21)16-12-9-5-2-6-10-12/h1-10,13,19H,(H,17,20)(H2,16,18,21). The molecule has 0 aromatic heterocycles. The molecule has 0 fully saturated rings. The Balaban J connectivity index is 1.82. The maximum atomic E-state index is 11.8. The van der Waals surface area contributed by atoms with Gasteiger partial charge in [-0.2, -0.15) is 0 Å². The third kappa shape index (κ3) is 4.55. The van der Waals surface area contributed by atoms with Crippen LogP contribution in [0.3, 0.4) is 0 Å². The minimum absolute atomic E-state index is 0.231. The Kier molecular flexibility index (Phi) is 5.25. The number of aliphatic hydroxyl groups excluding tert-OH is 1. The summed E-state index contributed by atoms with van der Waals surface area (Å²) in [6, 6.07) is 18.0. The van der Waals surface area contributed by atoms with Crippen LogP contribution in [0.1, 0.15) is 11.7 Å². The van der Waals surface area contributed by atoms with Gasteiger partial charge in [-0.05, 0) is 29.9 Å². The van der Waals surface area contributed by atoms with Crippen molar-refractivity contribution in [2.24, 2.45) is 0 Å². The van der Waals surface area contributed by atoms with Crippen LogP contribution in [-0.4, -0.2) is 16.1 Å². The largest absolute Gasteiger partial charge is 0.378 e. The molecule has 6 heteroatoms. The molecule has 1 unspecified atom stereocenters. The Morgan fingerprint density at radius 2 is 1.52 bits per heavy atom. The summed E-state index contributed by atoms with van der Waals surface area (Å²) in [6.45, 7) is 0. The van der Waals surface area contributed by atoms with Gasteiger partial charge in [-0.3, -0.25) is 15.6 Å². The number of nitrogens with one attached hydrogen (secondary N) is 3. The summed E-state index contributed by atoms with van der Waals surface area (Å²) in [5, 5.41) is 13.0. The lowest BCUT2D eigenvalue weighted by Crippen LogP contribution is -2.45. The van der Waals surface area contributed by atoms with E-state index >= 15 is 0 Å². The van der Waals surface area contributed by atoms with E-state index in [0.717, 1.165) is 5.69 Å². The molecule has 2 aromatic carbocycles. The first-order valence-electron chi connectivity index (χ1n) is 6.32. The summed E-state index contributed by atoms with van der Waals surface area (Å²) in [4.78, 5) is 11.8. The SMILES string of the molecule is O=C(NNC(=S)Nc1ccccc1)C(O)c1ccccc1. The highest BCUT2D eigenvalue weighted by Gasteiger charge is 2.16. The third-order valence-electron chi connectivity index (χ3n) is 2.69. The number of hydrazine groups is 1. The van der Waals surface area contributed by atoms with E-state index in [1.54, 1.807) is 24.3 Å². The maximum Gasteiger partial charge on any atom is 0.271 e. The zero-order valence-corrected chi connectivity index (χ0v) is 11.9. The van der Waals surface area contributed by atoms with E-state index in [9.17, 15) is 9.90 Å². The van der Waals surface area contributed by atoms with Crippen LogP contribution in [0.4, 0.5) is 5.69 Å². The van der Waals surface area contributed by atoms with Crippen molar-refractivity contribution in [1.29, 1.82) is 0 Å².